The molecule has 7 heteroatoms. The van der Waals surface area contributed by atoms with Crippen LogP contribution in [0.4, 0.5) is 0 Å². The molecule has 0 bridgehead atoms. The Balaban J connectivity index is 2.54. The van der Waals surface area contributed by atoms with Gasteiger partial charge in [-0.25, -0.2) is 0 Å². The topological polar surface area (TPSA) is 98.9 Å². The third kappa shape index (κ3) is 2.71. The van der Waals surface area contributed by atoms with Crippen LogP contribution in [-0.2, 0) is 4.79 Å². The molecule has 0 saturated heterocycles. The van der Waals surface area contributed by atoms with Crippen LogP contribution < -0.4 is 15.2 Å². The number of benzene rings is 1. The van der Waals surface area contributed by atoms with Gasteiger partial charge >= 0.3 is 5.97 Å². The van der Waals surface area contributed by atoms with Gasteiger partial charge in [0.15, 0.2) is 17.8 Å². The maximum Gasteiger partial charge on any atom is 0.305 e. The van der Waals surface area contributed by atoms with Gasteiger partial charge in [-0.05, 0) is 6.07 Å². The molecule has 3 N–H and O–H groups in total. The van der Waals surface area contributed by atoms with Crippen molar-refractivity contribution in [3.63, 3.8) is 0 Å². The van der Waals surface area contributed by atoms with Crippen molar-refractivity contribution in [3.05, 3.63) is 21.7 Å². The van der Waals surface area contributed by atoms with Crippen molar-refractivity contribution in [2.45, 2.75) is 12.5 Å². The lowest BCUT2D eigenvalue weighted by Gasteiger charge is -2.25. The van der Waals surface area contributed by atoms with Crippen molar-refractivity contribution in [1.29, 1.82) is 0 Å². The highest BCUT2D eigenvalue weighted by Gasteiger charge is 2.27. The van der Waals surface area contributed by atoms with Crippen LogP contribution in [0.2, 0.25) is 0 Å². The first-order chi connectivity index (χ1) is 9.04. The molecule has 0 aromatic heterocycles. The molecule has 0 aliphatic carbocycles. The molecule has 0 amide bonds. The number of aldehydes is 1. The molecule has 0 saturated carbocycles. The standard InChI is InChI=1S/C12H12BrNO5/c13-7-3-6(5-15)11-12(19-2-1-18-11)10(7)8(14)4-9(16)17/h3,5,8H,1-2,4,14H2,(H,16,17). The predicted molar refractivity (Wildman–Crippen MR) is 69.7 cm³/mol. The second-order valence-corrected chi connectivity index (χ2v) is 4.89. The van der Waals surface area contributed by atoms with Gasteiger partial charge in [0.1, 0.15) is 13.2 Å². The van der Waals surface area contributed by atoms with Gasteiger partial charge in [-0.15, -0.1) is 0 Å². The third-order valence-electron chi connectivity index (χ3n) is 2.72. The quantitative estimate of drug-likeness (QED) is 0.812. The van der Waals surface area contributed by atoms with E-state index in [-0.39, 0.29) is 6.42 Å². The van der Waals surface area contributed by atoms with Crippen LogP contribution in [0.15, 0.2) is 10.5 Å². The van der Waals surface area contributed by atoms with Crippen LogP contribution in [-0.4, -0.2) is 30.6 Å². The summed E-state index contributed by atoms with van der Waals surface area (Å²) < 4.78 is 11.4. The van der Waals surface area contributed by atoms with Crippen LogP contribution in [0.25, 0.3) is 0 Å². The molecule has 1 atom stereocenters. The molecule has 19 heavy (non-hydrogen) atoms. The first-order valence-corrected chi connectivity index (χ1v) is 6.38. The Morgan fingerprint density at radius 2 is 2.11 bits per heavy atom. The lowest BCUT2D eigenvalue weighted by molar-refractivity contribution is -0.137. The molecule has 1 aromatic rings. The fraction of sp³-hybridized carbons (Fsp3) is 0.333. The van der Waals surface area contributed by atoms with Gasteiger partial charge in [0, 0.05) is 16.1 Å². The second kappa shape index (κ2) is 5.58. The van der Waals surface area contributed by atoms with Gasteiger partial charge in [0.25, 0.3) is 0 Å². The molecule has 1 aliphatic rings. The number of aliphatic carboxylic acids is 1. The normalized spacial score (nSPS) is 14.8. The van der Waals surface area contributed by atoms with Crippen molar-refractivity contribution >= 4 is 28.2 Å². The Morgan fingerprint density at radius 3 is 2.68 bits per heavy atom. The molecular weight excluding hydrogens is 318 g/mol. The fourth-order valence-electron chi connectivity index (χ4n) is 1.94. The summed E-state index contributed by atoms with van der Waals surface area (Å²) in [6.45, 7) is 0.664. The third-order valence-corrected chi connectivity index (χ3v) is 3.38. The zero-order chi connectivity index (χ0) is 14.0. The van der Waals surface area contributed by atoms with E-state index in [2.05, 4.69) is 15.9 Å². The van der Waals surface area contributed by atoms with Gasteiger partial charge in [-0.1, -0.05) is 15.9 Å². The van der Waals surface area contributed by atoms with Crippen LogP contribution in [0.5, 0.6) is 11.5 Å². The van der Waals surface area contributed by atoms with E-state index in [1.807, 2.05) is 0 Å². The van der Waals surface area contributed by atoms with E-state index in [1.54, 1.807) is 6.07 Å². The number of hydrogen-bond donors (Lipinski definition) is 2. The Bertz CT molecular complexity index is 531. The summed E-state index contributed by atoms with van der Waals surface area (Å²) in [6.07, 6.45) is 0.416. The molecule has 1 aliphatic heterocycles. The number of halogens is 1. The minimum absolute atomic E-state index is 0.241. The van der Waals surface area contributed by atoms with Gasteiger partial charge in [0.05, 0.1) is 12.0 Å². The Labute approximate surface area is 117 Å². The summed E-state index contributed by atoms with van der Waals surface area (Å²) in [6, 6.07) is 0.806. The number of hydrogen-bond acceptors (Lipinski definition) is 5. The molecule has 0 spiro atoms. The summed E-state index contributed by atoms with van der Waals surface area (Å²) in [5.41, 5.74) is 6.72. The zero-order valence-electron chi connectivity index (χ0n) is 9.89. The second-order valence-electron chi connectivity index (χ2n) is 4.04. The molecule has 0 fully saturated rings. The van der Waals surface area contributed by atoms with E-state index in [0.29, 0.717) is 46.6 Å². The number of fused-ring (bicyclic) bond motifs is 1. The van der Waals surface area contributed by atoms with E-state index in [4.69, 9.17) is 20.3 Å². The molecule has 102 valence electrons. The number of carboxylic acid groups (broad SMARTS) is 1. The molecule has 2 rings (SSSR count). The van der Waals surface area contributed by atoms with Gasteiger partial charge < -0.3 is 20.3 Å². The zero-order valence-corrected chi connectivity index (χ0v) is 11.5. The number of ether oxygens (including phenoxy) is 2. The van der Waals surface area contributed by atoms with Crippen LogP contribution in [0, 0.1) is 0 Å². The van der Waals surface area contributed by atoms with Crippen molar-refractivity contribution < 1.29 is 24.2 Å². The summed E-state index contributed by atoms with van der Waals surface area (Å²) in [4.78, 5) is 21.8. The average molecular weight is 330 g/mol. The maximum absolute atomic E-state index is 11.0. The van der Waals surface area contributed by atoms with Crippen molar-refractivity contribution in [3.8, 4) is 11.5 Å². The Kier molecular flexibility index (Phi) is 4.06. The minimum atomic E-state index is -1.01. The first kappa shape index (κ1) is 13.8. The lowest BCUT2D eigenvalue weighted by atomic mass is 10.0. The van der Waals surface area contributed by atoms with Crippen LogP contribution >= 0.6 is 15.9 Å². The van der Waals surface area contributed by atoms with E-state index in [0.717, 1.165) is 0 Å². The molecule has 6 nitrogen and oxygen atoms in total. The lowest BCUT2D eigenvalue weighted by Crippen LogP contribution is -2.22. The molecular formula is C12H12BrNO5. The van der Waals surface area contributed by atoms with Gasteiger partial charge in [-0.2, -0.15) is 0 Å². The highest BCUT2D eigenvalue weighted by Crippen LogP contribution is 2.43. The monoisotopic (exact) mass is 329 g/mol. The largest absolute Gasteiger partial charge is 0.486 e. The number of nitrogens with two attached hydrogens (primary N) is 1. The summed E-state index contributed by atoms with van der Waals surface area (Å²) in [5.74, 6) is -0.346. The number of carboxylic acids is 1. The smallest absolute Gasteiger partial charge is 0.305 e. The van der Waals surface area contributed by atoms with E-state index in [9.17, 15) is 9.59 Å². The predicted octanol–water partition coefficient (Wildman–Crippen LogP) is 1.51. The van der Waals surface area contributed by atoms with Crippen LogP contribution in [0.3, 0.4) is 0 Å². The van der Waals surface area contributed by atoms with Crippen molar-refractivity contribution in [2.24, 2.45) is 5.73 Å². The van der Waals surface area contributed by atoms with Crippen molar-refractivity contribution in [2.75, 3.05) is 13.2 Å². The number of carbonyl (C=O) groups excluding carboxylic acids is 1. The molecule has 1 unspecified atom stereocenters. The maximum atomic E-state index is 11.0. The highest BCUT2D eigenvalue weighted by atomic mass is 79.9. The van der Waals surface area contributed by atoms with E-state index >= 15 is 0 Å². The van der Waals surface area contributed by atoms with Gasteiger partial charge in [0.2, 0.25) is 0 Å². The number of rotatable bonds is 4. The molecule has 0 radical (unpaired) electrons. The fourth-order valence-corrected chi connectivity index (χ4v) is 2.67. The first-order valence-electron chi connectivity index (χ1n) is 5.59. The molecule has 1 heterocycles. The van der Waals surface area contributed by atoms with E-state index in [1.165, 1.54) is 0 Å². The van der Waals surface area contributed by atoms with Crippen molar-refractivity contribution in [1.82, 2.24) is 0 Å². The Morgan fingerprint density at radius 1 is 1.47 bits per heavy atom. The number of carbonyl (C=O) groups is 2. The van der Waals surface area contributed by atoms with Gasteiger partial charge in [-0.3, -0.25) is 9.59 Å². The SMILES string of the molecule is NC(CC(=O)O)c1c(Br)cc(C=O)c2c1OCCO2. The minimum Gasteiger partial charge on any atom is -0.486 e. The summed E-state index contributed by atoms with van der Waals surface area (Å²) >= 11 is 3.29. The van der Waals surface area contributed by atoms with E-state index < -0.39 is 12.0 Å². The highest BCUT2D eigenvalue weighted by molar-refractivity contribution is 9.10. The van der Waals surface area contributed by atoms with Crippen LogP contribution in [0.1, 0.15) is 28.4 Å². The average Bonchev–Trinajstić information content (AvgIpc) is 2.36. The Hall–Kier alpha value is -1.60. The molecule has 1 aromatic carbocycles. The summed E-state index contributed by atoms with van der Waals surface area (Å²) in [7, 11) is 0. The summed E-state index contributed by atoms with van der Waals surface area (Å²) in [5, 5.41) is 8.82.